The van der Waals surface area contributed by atoms with Crippen molar-refractivity contribution >= 4 is 13.2 Å². The molecule has 0 saturated carbocycles. The molecule has 0 aliphatic rings. The molecule has 5 heteroatoms. The van der Waals surface area contributed by atoms with Crippen molar-refractivity contribution in [1.82, 2.24) is 0 Å². The van der Waals surface area contributed by atoms with Gasteiger partial charge in [0.2, 0.25) is 0 Å². The Bertz CT molecular complexity index is 485. The van der Waals surface area contributed by atoms with Crippen LogP contribution in [-0.2, 0) is 0 Å². The second-order valence-electron chi connectivity index (χ2n) is 3.42. The van der Waals surface area contributed by atoms with Crippen molar-refractivity contribution in [3.05, 3.63) is 60.4 Å². The highest BCUT2D eigenvalue weighted by molar-refractivity contribution is 7.68. The fourth-order valence-electron chi connectivity index (χ4n) is 1.32. The number of halogens is 1. The average Bonchev–Trinajstić information content (AvgIpc) is 2.33. The van der Waals surface area contributed by atoms with Gasteiger partial charge in [-0.1, -0.05) is 18.2 Å². The van der Waals surface area contributed by atoms with Crippen LogP contribution in [-0.4, -0.2) is 9.79 Å². The van der Waals surface area contributed by atoms with Crippen LogP contribution in [0.1, 0.15) is 0 Å². The Morgan fingerprint density at radius 3 is 2.06 bits per heavy atom. The molecule has 0 unspecified atom stereocenters. The van der Waals surface area contributed by atoms with Gasteiger partial charge in [0, 0.05) is 0 Å². The number of hydrogen-bond donors (Lipinski definition) is 2. The molecule has 0 bridgehead atoms. The Hall–Kier alpha value is -1.48. The molecule has 3 nitrogen and oxygen atoms in total. The molecule has 0 radical (unpaired) electrons. The summed E-state index contributed by atoms with van der Waals surface area (Å²) in [5, 5.41) is 0.310. The summed E-state index contributed by atoms with van der Waals surface area (Å²) in [6.45, 7) is 0. The molecule has 0 fully saturated rings. The monoisotopic (exact) mass is 253 g/mol. The maximum absolute atomic E-state index is 12.7. The van der Waals surface area contributed by atoms with Gasteiger partial charge in [-0.15, -0.1) is 0 Å². The molecule has 0 heterocycles. The highest BCUT2D eigenvalue weighted by Crippen LogP contribution is 2.49. The van der Waals surface area contributed by atoms with Gasteiger partial charge in [0.1, 0.15) is 5.82 Å². The molecule has 0 amide bonds. The molecule has 2 aromatic rings. The van der Waals surface area contributed by atoms with Gasteiger partial charge in [-0.3, -0.25) is 4.52 Å². The largest absolute Gasteiger partial charge is 0.487 e. The average molecular weight is 253 g/mol. The normalized spacial score (nSPS) is 11.2. The summed E-state index contributed by atoms with van der Waals surface area (Å²) >= 11 is 0. The van der Waals surface area contributed by atoms with Crippen LogP contribution in [0, 0.1) is 5.82 Å². The molecule has 17 heavy (non-hydrogen) atoms. The van der Waals surface area contributed by atoms with E-state index in [4.69, 9.17) is 4.52 Å². The smallest absolute Gasteiger partial charge is 0.281 e. The lowest BCUT2D eigenvalue weighted by atomic mass is 10.3. The molecular formula is C12H11FO3P+. The van der Waals surface area contributed by atoms with Gasteiger partial charge in [-0.05, 0) is 36.4 Å². The zero-order valence-electron chi connectivity index (χ0n) is 8.82. The maximum atomic E-state index is 12.7. The Morgan fingerprint density at radius 2 is 1.47 bits per heavy atom. The third-order valence-corrected chi connectivity index (χ3v) is 3.58. The van der Waals surface area contributed by atoms with Crippen LogP contribution < -0.4 is 9.83 Å². The van der Waals surface area contributed by atoms with Crippen LogP contribution >= 0.6 is 7.94 Å². The third-order valence-electron chi connectivity index (χ3n) is 2.14. The van der Waals surface area contributed by atoms with Gasteiger partial charge in [-0.25, -0.2) is 4.39 Å². The van der Waals surface area contributed by atoms with Crippen molar-refractivity contribution in [3.63, 3.8) is 0 Å². The standard InChI is InChI=1S/C12H11FO3P/c13-10-6-8-11(9-7-10)16-17(14,15)12-4-2-1-3-5-12/h1-9,14-15H/q+1. The lowest BCUT2D eigenvalue weighted by Crippen LogP contribution is -2.14. The van der Waals surface area contributed by atoms with Crippen molar-refractivity contribution in [3.8, 4) is 5.75 Å². The van der Waals surface area contributed by atoms with Gasteiger partial charge in [-0.2, -0.15) is 9.79 Å². The Balaban J connectivity index is 2.20. The predicted molar refractivity (Wildman–Crippen MR) is 64.5 cm³/mol. The van der Waals surface area contributed by atoms with E-state index in [2.05, 4.69) is 0 Å². The number of rotatable bonds is 3. The van der Waals surface area contributed by atoms with E-state index in [0.717, 1.165) is 0 Å². The lowest BCUT2D eigenvalue weighted by Gasteiger charge is -2.11. The SMILES string of the molecule is O[P+](O)(Oc1ccc(F)cc1)c1ccccc1. The molecule has 2 aromatic carbocycles. The van der Waals surface area contributed by atoms with Crippen LogP contribution in [0.5, 0.6) is 5.75 Å². The number of hydrogen-bond acceptors (Lipinski definition) is 3. The summed E-state index contributed by atoms with van der Waals surface area (Å²) in [5.74, 6) is -0.189. The van der Waals surface area contributed by atoms with E-state index < -0.39 is 13.8 Å². The van der Waals surface area contributed by atoms with E-state index in [1.807, 2.05) is 0 Å². The van der Waals surface area contributed by atoms with E-state index in [9.17, 15) is 14.2 Å². The second-order valence-corrected chi connectivity index (χ2v) is 5.21. The van der Waals surface area contributed by atoms with Gasteiger partial charge in [0.05, 0.1) is 0 Å². The van der Waals surface area contributed by atoms with Crippen molar-refractivity contribution in [2.75, 3.05) is 0 Å². The molecule has 0 atom stereocenters. The second kappa shape index (κ2) is 4.80. The van der Waals surface area contributed by atoms with Gasteiger partial charge in [0.15, 0.2) is 11.1 Å². The molecule has 0 saturated heterocycles. The zero-order chi connectivity index (χ0) is 12.3. The summed E-state index contributed by atoms with van der Waals surface area (Å²) in [6.07, 6.45) is 0. The van der Waals surface area contributed by atoms with Crippen LogP contribution in [0.25, 0.3) is 0 Å². The number of benzene rings is 2. The maximum Gasteiger partial charge on any atom is 0.487 e. The van der Waals surface area contributed by atoms with Crippen LogP contribution in [0.4, 0.5) is 4.39 Å². The minimum atomic E-state index is -3.65. The van der Waals surface area contributed by atoms with E-state index in [1.165, 1.54) is 24.3 Å². The minimum absolute atomic E-state index is 0.216. The summed E-state index contributed by atoms with van der Waals surface area (Å²) < 4.78 is 17.8. The van der Waals surface area contributed by atoms with Crippen molar-refractivity contribution in [2.45, 2.75) is 0 Å². The van der Waals surface area contributed by atoms with Crippen LogP contribution in [0.15, 0.2) is 54.6 Å². The fraction of sp³-hybridized carbons (Fsp3) is 0. The molecule has 0 aliphatic heterocycles. The summed E-state index contributed by atoms with van der Waals surface area (Å²) in [4.78, 5) is 19.7. The van der Waals surface area contributed by atoms with Crippen molar-refractivity contribution in [1.29, 1.82) is 0 Å². The highest BCUT2D eigenvalue weighted by atomic mass is 31.2. The minimum Gasteiger partial charge on any atom is -0.281 e. The summed E-state index contributed by atoms with van der Waals surface area (Å²) in [6, 6.07) is 13.4. The molecule has 2 rings (SSSR count). The van der Waals surface area contributed by atoms with Gasteiger partial charge >= 0.3 is 7.94 Å². The first-order valence-electron chi connectivity index (χ1n) is 4.93. The highest BCUT2D eigenvalue weighted by Gasteiger charge is 2.40. The van der Waals surface area contributed by atoms with Crippen molar-refractivity contribution < 1.29 is 18.7 Å². The Morgan fingerprint density at radius 1 is 0.882 bits per heavy atom. The molecule has 0 spiro atoms. The Labute approximate surface area is 98.7 Å². The zero-order valence-corrected chi connectivity index (χ0v) is 9.72. The molecule has 88 valence electrons. The first-order chi connectivity index (χ1) is 8.08. The van der Waals surface area contributed by atoms with Gasteiger partial charge in [0.25, 0.3) is 0 Å². The quantitative estimate of drug-likeness (QED) is 0.825. The lowest BCUT2D eigenvalue weighted by molar-refractivity contribution is 0.354. The van der Waals surface area contributed by atoms with E-state index in [1.54, 1.807) is 30.3 Å². The molecule has 2 N–H and O–H groups in total. The Kier molecular flexibility index (Phi) is 3.38. The molecule has 0 aliphatic carbocycles. The van der Waals surface area contributed by atoms with Crippen molar-refractivity contribution in [2.24, 2.45) is 0 Å². The van der Waals surface area contributed by atoms with Gasteiger partial charge < -0.3 is 0 Å². The fourth-order valence-corrected chi connectivity index (χ4v) is 2.40. The van der Waals surface area contributed by atoms with Crippen LogP contribution in [0.3, 0.4) is 0 Å². The predicted octanol–water partition coefficient (Wildman–Crippen LogP) is 2.28. The summed E-state index contributed by atoms with van der Waals surface area (Å²) in [5.41, 5.74) is 0. The van der Waals surface area contributed by atoms with E-state index >= 15 is 0 Å². The first kappa shape index (κ1) is 12.0. The van der Waals surface area contributed by atoms with E-state index in [-0.39, 0.29) is 5.75 Å². The molecule has 0 aromatic heterocycles. The van der Waals surface area contributed by atoms with E-state index in [0.29, 0.717) is 5.30 Å². The first-order valence-corrected chi connectivity index (χ1v) is 6.54. The third kappa shape index (κ3) is 3.01. The topological polar surface area (TPSA) is 49.7 Å². The summed E-state index contributed by atoms with van der Waals surface area (Å²) in [7, 11) is -3.65. The molecular weight excluding hydrogens is 242 g/mol. The van der Waals surface area contributed by atoms with Crippen LogP contribution in [0.2, 0.25) is 0 Å².